The van der Waals surface area contributed by atoms with E-state index in [1.807, 2.05) is 19.9 Å². The molecule has 154 valence electrons. The molecule has 1 fully saturated rings. The maximum absolute atomic E-state index is 12.8. The minimum atomic E-state index is -0.254. The summed E-state index contributed by atoms with van der Waals surface area (Å²) in [6.45, 7) is 6.44. The zero-order valence-corrected chi connectivity index (χ0v) is 17.0. The van der Waals surface area contributed by atoms with E-state index in [9.17, 15) is 9.59 Å². The number of anilines is 1. The Morgan fingerprint density at radius 1 is 1.10 bits per heavy atom. The van der Waals surface area contributed by atoms with Crippen LogP contribution in [0.5, 0.6) is 5.75 Å². The molecule has 0 unspecified atom stereocenters. The number of carbonyl (C=O) groups excluding carboxylic acids is 2. The van der Waals surface area contributed by atoms with Gasteiger partial charge in [-0.2, -0.15) is 0 Å². The number of hydrogen-bond acceptors (Lipinski definition) is 4. The van der Waals surface area contributed by atoms with Crippen LogP contribution in [0.25, 0.3) is 0 Å². The monoisotopic (exact) mass is 396 g/mol. The summed E-state index contributed by atoms with van der Waals surface area (Å²) in [4.78, 5) is 26.9. The second-order valence-corrected chi connectivity index (χ2v) is 6.95. The van der Waals surface area contributed by atoms with Crippen molar-refractivity contribution in [3.05, 3.63) is 59.7 Å². The summed E-state index contributed by atoms with van der Waals surface area (Å²) in [5.74, 6) is 0.269. The van der Waals surface area contributed by atoms with Crippen molar-refractivity contribution in [3.63, 3.8) is 0 Å². The molecule has 2 amide bonds. The van der Waals surface area contributed by atoms with Crippen LogP contribution < -0.4 is 10.1 Å². The highest BCUT2D eigenvalue weighted by molar-refractivity contribution is 6.06. The number of ether oxygens (including phenoxy) is 2. The van der Waals surface area contributed by atoms with Gasteiger partial charge in [0.25, 0.3) is 11.8 Å². The van der Waals surface area contributed by atoms with Gasteiger partial charge in [0.2, 0.25) is 0 Å². The van der Waals surface area contributed by atoms with E-state index in [-0.39, 0.29) is 17.9 Å². The van der Waals surface area contributed by atoms with Crippen molar-refractivity contribution >= 4 is 17.5 Å². The molecule has 2 aromatic carbocycles. The Balaban J connectivity index is 1.65. The molecule has 1 saturated heterocycles. The van der Waals surface area contributed by atoms with E-state index >= 15 is 0 Å². The maximum Gasteiger partial charge on any atom is 0.259 e. The molecule has 0 radical (unpaired) electrons. The Hall–Kier alpha value is -2.86. The molecule has 29 heavy (non-hydrogen) atoms. The van der Waals surface area contributed by atoms with Crippen molar-refractivity contribution in [2.24, 2.45) is 0 Å². The van der Waals surface area contributed by atoms with E-state index in [1.54, 1.807) is 47.4 Å². The lowest BCUT2D eigenvalue weighted by Crippen LogP contribution is -2.30. The molecule has 1 atom stereocenters. The Labute approximate surface area is 171 Å². The normalized spacial score (nSPS) is 15.7. The molecular weight excluding hydrogens is 368 g/mol. The fourth-order valence-corrected chi connectivity index (χ4v) is 3.33. The average molecular weight is 396 g/mol. The fraction of sp³-hybridized carbons (Fsp3) is 0.391. The highest BCUT2D eigenvalue weighted by atomic mass is 16.5. The molecule has 1 heterocycles. The van der Waals surface area contributed by atoms with E-state index in [2.05, 4.69) is 5.32 Å². The lowest BCUT2D eigenvalue weighted by Gasteiger charge is -2.18. The quantitative estimate of drug-likeness (QED) is 0.733. The Bertz CT molecular complexity index is 825. The lowest BCUT2D eigenvalue weighted by molar-refractivity contribution is 0.0673. The minimum Gasteiger partial charge on any atom is -0.490 e. The van der Waals surface area contributed by atoms with Crippen LogP contribution in [0, 0.1) is 0 Å². The van der Waals surface area contributed by atoms with Crippen LogP contribution >= 0.6 is 0 Å². The van der Waals surface area contributed by atoms with Gasteiger partial charge < -0.3 is 19.7 Å². The summed E-state index contributed by atoms with van der Waals surface area (Å²) in [7, 11) is 0. The third-order valence-electron chi connectivity index (χ3n) is 5.02. The van der Waals surface area contributed by atoms with E-state index in [0.717, 1.165) is 19.4 Å². The molecule has 0 aliphatic carbocycles. The Morgan fingerprint density at radius 3 is 2.48 bits per heavy atom. The molecule has 0 saturated carbocycles. The summed E-state index contributed by atoms with van der Waals surface area (Å²) >= 11 is 0. The van der Waals surface area contributed by atoms with Crippen LogP contribution in [-0.4, -0.2) is 49.1 Å². The van der Waals surface area contributed by atoms with Gasteiger partial charge in [-0.25, -0.2) is 0 Å². The molecule has 0 bridgehead atoms. The van der Waals surface area contributed by atoms with E-state index < -0.39 is 0 Å². The zero-order chi connectivity index (χ0) is 20.6. The van der Waals surface area contributed by atoms with Crippen LogP contribution in [0.1, 0.15) is 47.4 Å². The number of benzene rings is 2. The van der Waals surface area contributed by atoms with Crippen LogP contribution in [0.4, 0.5) is 5.69 Å². The number of carbonyl (C=O) groups is 2. The number of rotatable bonds is 8. The van der Waals surface area contributed by atoms with Crippen molar-refractivity contribution in [2.45, 2.75) is 32.8 Å². The van der Waals surface area contributed by atoms with Gasteiger partial charge in [0, 0.05) is 30.9 Å². The van der Waals surface area contributed by atoms with Gasteiger partial charge in [-0.15, -0.1) is 0 Å². The van der Waals surface area contributed by atoms with E-state index in [1.165, 1.54) is 0 Å². The topological polar surface area (TPSA) is 67.9 Å². The van der Waals surface area contributed by atoms with Crippen molar-refractivity contribution in [3.8, 4) is 5.75 Å². The first-order valence-electron chi connectivity index (χ1n) is 10.2. The SMILES string of the molecule is CCN(CC)C(=O)c1ccc(NC(=O)c2ccccc2OC[C@@H]2CCCO2)cc1. The summed E-state index contributed by atoms with van der Waals surface area (Å²) in [6.07, 6.45) is 2.11. The first-order chi connectivity index (χ1) is 14.1. The lowest BCUT2D eigenvalue weighted by atomic mass is 10.1. The second-order valence-electron chi connectivity index (χ2n) is 6.95. The van der Waals surface area contributed by atoms with Gasteiger partial charge >= 0.3 is 0 Å². The molecule has 0 spiro atoms. The molecule has 3 rings (SSSR count). The number of para-hydroxylation sites is 1. The molecule has 1 aliphatic rings. The summed E-state index contributed by atoms with van der Waals surface area (Å²) in [6, 6.07) is 14.1. The number of amides is 2. The van der Waals surface area contributed by atoms with Gasteiger partial charge in [-0.1, -0.05) is 12.1 Å². The van der Waals surface area contributed by atoms with Crippen LogP contribution in [0.15, 0.2) is 48.5 Å². The molecule has 2 aromatic rings. The largest absolute Gasteiger partial charge is 0.490 e. The Morgan fingerprint density at radius 2 is 1.83 bits per heavy atom. The van der Waals surface area contributed by atoms with Gasteiger partial charge in [0.05, 0.1) is 11.7 Å². The standard InChI is InChI=1S/C23H28N2O4/c1-3-25(4-2)23(27)17-11-13-18(14-12-17)24-22(26)20-9-5-6-10-21(20)29-16-19-8-7-15-28-19/h5-6,9-14,19H,3-4,7-8,15-16H2,1-2H3,(H,24,26)/t19-/m0/s1. The molecule has 6 nitrogen and oxygen atoms in total. The number of nitrogens with zero attached hydrogens (tertiary/aromatic N) is 1. The van der Waals surface area contributed by atoms with Gasteiger partial charge in [-0.3, -0.25) is 9.59 Å². The van der Waals surface area contributed by atoms with Crippen LogP contribution in [0.3, 0.4) is 0 Å². The second kappa shape index (κ2) is 10.1. The predicted octanol–water partition coefficient (Wildman–Crippen LogP) is 3.98. The summed E-state index contributed by atoms with van der Waals surface area (Å²) < 4.78 is 11.4. The maximum atomic E-state index is 12.8. The van der Waals surface area contributed by atoms with Crippen molar-refractivity contribution in [1.82, 2.24) is 4.90 Å². The summed E-state index contributed by atoms with van der Waals surface area (Å²) in [5.41, 5.74) is 1.70. The molecular formula is C23H28N2O4. The van der Waals surface area contributed by atoms with Crippen molar-refractivity contribution < 1.29 is 19.1 Å². The van der Waals surface area contributed by atoms with Crippen molar-refractivity contribution in [1.29, 1.82) is 0 Å². The van der Waals surface area contributed by atoms with Gasteiger partial charge in [-0.05, 0) is 63.1 Å². The minimum absolute atomic E-state index is 0.0132. The van der Waals surface area contributed by atoms with E-state index in [4.69, 9.17) is 9.47 Å². The summed E-state index contributed by atoms with van der Waals surface area (Å²) in [5, 5.41) is 2.87. The smallest absolute Gasteiger partial charge is 0.259 e. The average Bonchev–Trinajstić information content (AvgIpc) is 3.27. The predicted molar refractivity (Wildman–Crippen MR) is 113 cm³/mol. The first-order valence-corrected chi connectivity index (χ1v) is 10.2. The van der Waals surface area contributed by atoms with Gasteiger partial charge in [0.15, 0.2) is 0 Å². The third-order valence-corrected chi connectivity index (χ3v) is 5.02. The Kier molecular flexibility index (Phi) is 7.25. The van der Waals surface area contributed by atoms with E-state index in [0.29, 0.717) is 42.3 Å². The highest BCUT2D eigenvalue weighted by Crippen LogP contribution is 2.22. The molecule has 6 heteroatoms. The van der Waals surface area contributed by atoms with Crippen LogP contribution in [0.2, 0.25) is 0 Å². The molecule has 1 N–H and O–H groups in total. The van der Waals surface area contributed by atoms with Crippen LogP contribution in [-0.2, 0) is 4.74 Å². The third kappa shape index (κ3) is 5.35. The number of nitrogens with one attached hydrogen (secondary N) is 1. The number of hydrogen-bond donors (Lipinski definition) is 1. The van der Waals surface area contributed by atoms with Gasteiger partial charge in [0.1, 0.15) is 12.4 Å². The first kappa shape index (κ1) is 20.9. The highest BCUT2D eigenvalue weighted by Gasteiger charge is 2.19. The van der Waals surface area contributed by atoms with Crippen molar-refractivity contribution in [2.75, 3.05) is 31.6 Å². The fourth-order valence-electron chi connectivity index (χ4n) is 3.33. The molecule has 0 aromatic heterocycles. The molecule has 1 aliphatic heterocycles. The zero-order valence-electron chi connectivity index (χ0n) is 17.0.